The Morgan fingerprint density at radius 1 is 0.357 bits per heavy atom. The highest BCUT2D eigenvalue weighted by Crippen LogP contribution is 2.15. The molecule has 0 fully saturated rings. The number of unbranched alkanes of at least 4 members (excludes halogenated alkanes) is 26. The largest absolute Gasteiger partial charge is 0.462 e. The van der Waals surface area contributed by atoms with Crippen molar-refractivity contribution in [2.45, 2.75) is 252 Å². The summed E-state index contributed by atoms with van der Waals surface area (Å²) >= 11 is 0. The van der Waals surface area contributed by atoms with Gasteiger partial charge in [-0.05, 0) is 57.8 Å². The molecule has 0 aliphatic heterocycles. The van der Waals surface area contributed by atoms with Gasteiger partial charge in [0, 0.05) is 19.3 Å². The molecule has 0 aliphatic rings. The molecular weight excluding hydrogens is 697 g/mol. The van der Waals surface area contributed by atoms with E-state index in [0.717, 1.165) is 83.5 Å². The lowest BCUT2D eigenvalue weighted by molar-refractivity contribution is -0.167. The normalized spacial score (nSPS) is 12.3. The van der Waals surface area contributed by atoms with Crippen LogP contribution in [0.1, 0.15) is 245 Å². The summed E-state index contributed by atoms with van der Waals surface area (Å²) in [5, 5.41) is 0. The SMILES string of the molecule is CCCCC/C=C\C/C=C\C/C=C\CCCCCCCCC(=O)OCC(COC(=O)CCCCCCC)OC(=O)CCCCCCCCCCCCCCCC. The van der Waals surface area contributed by atoms with E-state index in [1.165, 1.54) is 122 Å². The molecule has 1 unspecified atom stereocenters. The number of rotatable bonds is 43. The first-order valence-electron chi connectivity index (χ1n) is 24.0. The third kappa shape index (κ3) is 42.8. The molecule has 0 amide bonds. The van der Waals surface area contributed by atoms with Crippen LogP contribution >= 0.6 is 0 Å². The van der Waals surface area contributed by atoms with Crippen LogP contribution < -0.4 is 0 Å². The van der Waals surface area contributed by atoms with E-state index in [1.807, 2.05) is 0 Å². The maximum absolute atomic E-state index is 12.7. The van der Waals surface area contributed by atoms with Crippen molar-refractivity contribution in [2.75, 3.05) is 13.2 Å². The quantitative estimate of drug-likeness (QED) is 0.0265. The van der Waals surface area contributed by atoms with Crippen LogP contribution in [0, 0.1) is 0 Å². The Labute approximate surface area is 346 Å². The predicted molar refractivity (Wildman–Crippen MR) is 238 cm³/mol. The molecule has 1 atom stereocenters. The van der Waals surface area contributed by atoms with Crippen molar-refractivity contribution >= 4 is 17.9 Å². The van der Waals surface area contributed by atoms with E-state index < -0.39 is 6.10 Å². The Bertz CT molecular complexity index is 953. The van der Waals surface area contributed by atoms with Crippen LogP contribution in [0.3, 0.4) is 0 Å². The van der Waals surface area contributed by atoms with Gasteiger partial charge < -0.3 is 14.2 Å². The molecule has 0 N–H and O–H groups in total. The zero-order chi connectivity index (χ0) is 40.8. The van der Waals surface area contributed by atoms with Crippen molar-refractivity contribution in [3.05, 3.63) is 36.5 Å². The number of esters is 3. The lowest BCUT2D eigenvalue weighted by Gasteiger charge is -2.18. The third-order valence-corrected chi connectivity index (χ3v) is 10.4. The molecular formula is C50H90O6. The Morgan fingerprint density at radius 2 is 0.643 bits per heavy atom. The van der Waals surface area contributed by atoms with E-state index >= 15 is 0 Å². The average molecular weight is 787 g/mol. The monoisotopic (exact) mass is 787 g/mol. The van der Waals surface area contributed by atoms with Crippen LogP contribution in [0.4, 0.5) is 0 Å². The minimum atomic E-state index is -0.769. The lowest BCUT2D eigenvalue weighted by atomic mass is 10.0. The molecule has 6 heteroatoms. The van der Waals surface area contributed by atoms with Crippen LogP contribution in [0.2, 0.25) is 0 Å². The summed E-state index contributed by atoms with van der Waals surface area (Å²) in [6.07, 6.45) is 51.5. The summed E-state index contributed by atoms with van der Waals surface area (Å²) in [6.45, 7) is 6.52. The summed E-state index contributed by atoms with van der Waals surface area (Å²) in [5.74, 6) is -0.896. The van der Waals surface area contributed by atoms with Crippen LogP contribution in [-0.2, 0) is 28.6 Å². The zero-order valence-electron chi connectivity index (χ0n) is 37.2. The molecule has 0 spiro atoms. The first kappa shape index (κ1) is 53.6. The molecule has 0 aromatic carbocycles. The molecule has 0 radical (unpaired) electrons. The fraction of sp³-hybridized carbons (Fsp3) is 0.820. The Hall–Kier alpha value is -2.37. The molecule has 326 valence electrons. The van der Waals surface area contributed by atoms with Crippen LogP contribution in [0.5, 0.6) is 0 Å². The van der Waals surface area contributed by atoms with Gasteiger partial charge in [0.1, 0.15) is 13.2 Å². The third-order valence-electron chi connectivity index (χ3n) is 10.4. The van der Waals surface area contributed by atoms with E-state index in [1.54, 1.807) is 0 Å². The number of hydrogen-bond donors (Lipinski definition) is 0. The number of ether oxygens (including phenoxy) is 3. The van der Waals surface area contributed by atoms with Gasteiger partial charge in [0.25, 0.3) is 0 Å². The molecule has 0 aromatic rings. The lowest BCUT2D eigenvalue weighted by Crippen LogP contribution is -2.30. The number of allylic oxidation sites excluding steroid dienone is 6. The fourth-order valence-electron chi connectivity index (χ4n) is 6.74. The van der Waals surface area contributed by atoms with Crippen LogP contribution in [-0.4, -0.2) is 37.2 Å². The Kier molecular flexibility index (Phi) is 43.4. The zero-order valence-corrected chi connectivity index (χ0v) is 37.2. The van der Waals surface area contributed by atoms with Crippen molar-refractivity contribution in [3.8, 4) is 0 Å². The van der Waals surface area contributed by atoms with Gasteiger partial charge in [0.15, 0.2) is 6.10 Å². The molecule has 0 heterocycles. The van der Waals surface area contributed by atoms with Crippen LogP contribution in [0.25, 0.3) is 0 Å². The second-order valence-corrected chi connectivity index (χ2v) is 16.0. The molecule has 0 saturated heterocycles. The second-order valence-electron chi connectivity index (χ2n) is 16.0. The molecule has 0 rings (SSSR count). The highest BCUT2D eigenvalue weighted by atomic mass is 16.6. The van der Waals surface area contributed by atoms with Crippen molar-refractivity contribution in [3.63, 3.8) is 0 Å². The molecule has 0 aliphatic carbocycles. The molecule has 0 saturated carbocycles. The maximum Gasteiger partial charge on any atom is 0.306 e. The highest BCUT2D eigenvalue weighted by Gasteiger charge is 2.19. The van der Waals surface area contributed by atoms with Gasteiger partial charge in [0.05, 0.1) is 0 Å². The van der Waals surface area contributed by atoms with Gasteiger partial charge in [-0.3, -0.25) is 14.4 Å². The van der Waals surface area contributed by atoms with Gasteiger partial charge in [0.2, 0.25) is 0 Å². The first-order chi connectivity index (χ1) is 27.5. The van der Waals surface area contributed by atoms with Gasteiger partial charge >= 0.3 is 17.9 Å². The summed E-state index contributed by atoms with van der Waals surface area (Å²) in [7, 11) is 0. The minimum Gasteiger partial charge on any atom is -0.462 e. The molecule has 56 heavy (non-hydrogen) atoms. The standard InChI is InChI=1S/C50H90O6/c1-4-7-10-13-15-17-19-21-23-24-25-26-27-29-30-32-34-37-40-43-49(52)55-46-47(45-54-48(51)42-39-36-12-9-6-3)56-50(53)44-41-38-35-33-31-28-22-20-18-16-14-11-8-5-2/h15,17,21,23,25-26,47H,4-14,16,18-20,22,24,27-46H2,1-3H3/b17-15-,23-21-,26-25-. The fourth-order valence-corrected chi connectivity index (χ4v) is 6.74. The topological polar surface area (TPSA) is 78.9 Å². The number of carbonyl (C=O) groups is 3. The average Bonchev–Trinajstić information content (AvgIpc) is 3.19. The van der Waals surface area contributed by atoms with E-state index in [2.05, 4.69) is 57.2 Å². The maximum atomic E-state index is 12.7. The van der Waals surface area contributed by atoms with Crippen molar-refractivity contribution < 1.29 is 28.6 Å². The molecule has 0 bridgehead atoms. The Morgan fingerprint density at radius 3 is 1.04 bits per heavy atom. The summed E-state index contributed by atoms with van der Waals surface area (Å²) < 4.78 is 16.6. The van der Waals surface area contributed by atoms with Crippen molar-refractivity contribution in [2.24, 2.45) is 0 Å². The van der Waals surface area contributed by atoms with Crippen molar-refractivity contribution in [1.82, 2.24) is 0 Å². The summed E-state index contributed by atoms with van der Waals surface area (Å²) in [6, 6.07) is 0. The Balaban J connectivity index is 4.20. The smallest absolute Gasteiger partial charge is 0.306 e. The highest BCUT2D eigenvalue weighted by molar-refractivity contribution is 5.71. The number of carbonyl (C=O) groups excluding carboxylic acids is 3. The summed E-state index contributed by atoms with van der Waals surface area (Å²) in [4.78, 5) is 37.5. The van der Waals surface area contributed by atoms with Crippen LogP contribution in [0.15, 0.2) is 36.5 Å². The summed E-state index contributed by atoms with van der Waals surface area (Å²) in [5.41, 5.74) is 0. The second kappa shape index (κ2) is 45.3. The number of hydrogen-bond acceptors (Lipinski definition) is 6. The van der Waals surface area contributed by atoms with Gasteiger partial charge in [-0.25, -0.2) is 0 Å². The van der Waals surface area contributed by atoms with E-state index in [0.29, 0.717) is 19.3 Å². The van der Waals surface area contributed by atoms with E-state index in [4.69, 9.17) is 14.2 Å². The predicted octanol–water partition coefficient (Wildman–Crippen LogP) is 15.4. The van der Waals surface area contributed by atoms with Gasteiger partial charge in [-0.15, -0.1) is 0 Å². The first-order valence-corrected chi connectivity index (χ1v) is 24.0. The van der Waals surface area contributed by atoms with Crippen molar-refractivity contribution in [1.29, 1.82) is 0 Å². The minimum absolute atomic E-state index is 0.0751. The molecule has 6 nitrogen and oxygen atoms in total. The van der Waals surface area contributed by atoms with E-state index in [9.17, 15) is 14.4 Å². The van der Waals surface area contributed by atoms with Gasteiger partial charge in [-0.2, -0.15) is 0 Å². The van der Waals surface area contributed by atoms with E-state index in [-0.39, 0.29) is 31.1 Å². The molecule has 0 aromatic heterocycles. The van der Waals surface area contributed by atoms with Gasteiger partial charge in [-0.1, -0.05) is 205 Å².